The van der Waals surface area contributed by atoms with Crippen LogP contribution in [0, 0.1) is 47.3 Å². The van der Waals surface area contributed by atoms with Gasteiger partial charge in [-0.15, -0.1) is 0 Å². The quantitative estimate of drug-likeness (QED) is 0.113. The highest BCUT2D eigenvalue weighted by atomic mass is 27.0. The van der Waals surface area contributed by atoms with Crippen LogP contribution in [0.5, 0.6) is 23.0 Å². The van der Waals surface area contributed by atoms with Crippen molar-refractivity contribution >= 4 is 17.4 Å². The number of fused-ring (bicyclic) bond motifs is 20. The Morgan fingerprint density at radius 2 is 0.600 bits per heavy atom. The number of rotatable bonds is 8. The molecule has 13 rings (SSSR count). The standard InChI is InChI=1S/C56H72N8O5.Al.3H/c65-48-46(69-35-19-11-4-12-20-35)28-27-42-47(48)56-63-51-41-26-23-38(68-34-17-9-3-10-18-34)31-45(41)54(61-51)59-49-39-24-21-36(66-32-13-5-1-6-14-32)29-43(39)53(57-49)58-50-40-25-22-37(67-33-15-7-2-8-16-33)30-44(40)55(60-50)62-52(42)64-56;;;;/h1-20,36-65H,21-31H2;;;;. The van der Waals surface area contributed by atoms with Crippen LogP contribution in [0.4, 0.5) is 0 Å². The zero-order valence-corrected chi connectivity index (χ0v) is 39.5. The molecule has 9 fully saturated rings. The van der Waals surface area contributed by atoms with Crippen LogP contribution >= 0.6 is 0 Å². The second-order valence-electron chi connectivity index (χ2n) is 22.0. The molecular weight excluding hydrogens is 892 g/mol. The van der Waals surface area contributed by atoms with Gasteiger partial charge in [-0.2, -0.15) is 0 Å². The summed E-state index contributed by atoms with van der Waals surface area (Å²) in [5.41, 5.74) is 0. The van der Waals surface area contributed by atoms with Crippen LogP contribution in [0.25, 0.3) is 0 Å². The molecule has 9 N–H and O–H groups in total. The van der Waals surface area contributed by atoms with Crippen LogP contribution in [0.3, 0.4) is 0 Å². The Morgan fingerprint density at radius 3 is 0.957 bits per heavy atom. The molecule has 0 aromatic heterocycles. The van der Waals surface area contributed by atoms with E-state index in [1.807, 2.05) is 30.3 Å². The number of hydrogen-bond acceptors (Lipinski definition) is 13. The van der Waals surface area contributed by atoms with Crippen molar-refractivity contribution in [3.63, 3.8) is 0 Å². The highest BCUT2D eigenvalue weighted by Gasteiger charge is 2.58. The maximum absolute atomic E-state index is 12.6. The van der Waals surface area contributed by atoms with Crippen LogP contribution in [0.2, 0.25) is 0 Å². The lowest BCUT2D eigenvalue weighted by molar-refractivity contribution is -0.0581. The van der Waals surface area contributed by atoms with E-state index in [4.69, 9.17) is 18.9 Å². The molecule has 372 valence electrons. The lowest BCUT2D eigenvalue weighted by Crippen LogP contribution is -2.62. The summed E-state index contributed by atoms with van der Waals surface area (Å²) in [5.74, 6) is 6.07. The second-order valence-corrected chi connectivity index (χ2v) is 22.0. The van der Waals surface area contributed by atoms with Crippen molar-refractivity contribution in [2.75, 3.05) is 0 Å². The Balaban J connectivity index is 0.00000505. The van der Waals surface area contributed by atoms with E-state index < -0.39 is 6.10 Å². The van der Waals surface area contributed by atoms with Gasteiger partial charge in [-0.25, -0.2) is 0 Å². The first-order valence-electron chi connectivity index (χ1n) is 26.7. The molecule has 13 nitrogen and oxygen atoms in total. The van der Waals surface area contributed by atoms with Crippen molar-refractivity contribution in [1.82, 2.24) is 42.5 Å². The molecule has 4 aromatic carbocycles. The molecule has 5 aliphatic heterocycles. The fourth-order valence-corrected chi connectivity index (χ4v) is 15.1. The molecule has 0 amide bonds. The molecule has 9 aliphatic rings. The van der Waals surface area contributed by atoms with E-state index in [0.717, 1.165) is 93.6 Å². The predicted molar refractivity (Wildman–Crippen MR) is 273 cm³/mol. The Kier molecular flexibility index (Phi) is 13.9. The molecule has 21 unspecified atom stereocenters. The summed E-state index contributed by atoms with van der Waals surface area (Å²) in [7, 11) is 0. The Hall–Kier alpha value is -3.75. The van der Waals surface area contributed by atoms with Gasteiger partial charge in [0.25, 0.3) is 0 Å². The largest absolute Gasteiger partial charge is 0.490 e. The van der Waals surface area contributed by atoms with Gasteiger partial charge >= 0.3 is 0 Å². The summed E-state index contributed by atoms with van der Waals surface area (Å²) in [4.78, 5) is 0. The van der Waals surface area contributed by atoms with Crippen LogP contribution in [0.15, 0.2) is 121 Å². The van der Waals surface area contributed by atoms with E-state index in [0.29, 0.717) is 35.5 Å². The second kappa shape index (κ2) is 20.6. The first-order chi connectivity index (χ1) is 34.0. The van der Waals surface area contributed by atoms with Crippen molar-refractivity contribution in [3.05, 3.63) is 121 Å². The van der Waals surface area contributed by atoms with Crippen molar-refractivity contribution in [1.29, 1.82) is 0 Å². The summed E-state index contributed by atoms with van der Waals surface area (Å²) in [6, 6.07) is 41.2. The molecule has 4 saturated carbocycles. The van der Waals surface area contributed by atoms with Gasteiger partial charge in [0.1, 0.15) is 29.1 Å². The van der Waals surface area contributed by atoms with E-state index in [2.05, 4.69) is 134 Å². The Morgan fingerprint density at radius 1 is 0.314 bits per heavy atom. The normalized spacial score (nSPS) is 42.7. The maximum Gasteiger partial charge on any atom is 0.187 e. The molecule has 4 aliphatic carbocycles. The third-order valence-corrected chi connectivity index (χ3v) is 18.2. The third-order valence-electron chi connectivity index (χ3n) is 18.2. The Bertz CT molecular complexity index is 2270. The minimum Gasteiger partial charge on any atom is -0.490 e. The van der Waals surface area contributed by atoms with E-state index in [1.165, 1.54) is 0 Å². The summed E-state index contributed by atoms with van der Waals surface area (Å²) in [5, 5.41) is 46.4. The number of para-hydroxylation sites is 4. The lowest BCUT2D eigenvalue weighted by atomic mass is 9.74. The van der Waals surface area contributed by atoms with Crippen molar-refractivity contribution < 1.29 is 24.1 Å². The highest BCUT2D eigenvalue weighted by molar-refractivity contribution is 5.75. The monoisotopic (exact) mass is 967 g/mol. The average molecular weight is 967 g/mol. The number of aliphatic hydroxyl groups excluding tert-OH is 1. The molecule has 4 aromatic rings. The van der Waals surface area contributed by atoms with Gasteiger partial charge in [-0.3, -0.25) is 42.5 Å². The van der Waals surface area contributed by atoms with Crippen molar-refractivity contribution in [3.8, 4) is 23.0 Å². The minimum absolute atomic E-state index is 0. The first kappa shape index (κ1) is 47.3. The molecule has 8 bridgehead atoms. The topological polar surface area (TPSA) is 153 Å². The fraction of sp³-hybridized carbons (Fsp3) is 0.571. The molecule has 0 radical (unpaired) electrons. The zero-order chi connectivity index (χ0) is 45.8. The maximum atomic E-state index is 12.6. The van der Waals surface area contributed by atoms with Gasteiger partial charge in [0, 0.05) is 5.92 Å². The van der Waals surface area contributed by atoms with Gasteiger partial charge in [-0.1, -0.05) is 72.8 Å². The molecule has 14 heteroatoms. The van der Waals surface area contributed by atoms with Gasteiger partial charge in [0.15, 0.2) is 17.4 Å². The molecule has 70 heavy (non-hydrogen) atoms. The van der Waals surface area contributed by atoms with Gasteiger partial charge in [-0.05, 0) is 161 Å². The van der Waals surface area contributed by atoms with Crippen LogP contribution in [0.1, 0.15) is 70.6 Å². The van der Waals surface area contributed by atoms with Crippen LogP contribution in [-0.4, -0.2) is 102 Å². The zero-order valence-electron chi connectivity index (χ0n) is 39.5. The van der Waals surface area contributed by atoms with E-state index >= 15 is 0 Å². The number of hydrogen-bond donors (Lipinski definition) is 9. The number of ether oxygens (including phenoxy) is 4. The summed E-state index contributed by atoms with van der Waals surface area (Å²) in [6.07, 6.45) is 10.7. The Labute approximate surface area is 424 Å². The summed E-state index contributed by atoms with van der Waals surface area (Å²) >= 11 is 0. The van der Waals surface area contributed by atoms with Crippen LogP contribution < -0.4 is 61.5 Å². The summed E-state index contributed by atoms with van der Waals surface area (Å²) < 4.78 is 26.8. The SMILES string of the molecule is OC1C(Oc2ccccc2)CCC2C3NC4NC(NC5NC(NC6NC(NC(N3)C12)C1CCC(Oc2ccccc2)CC61)C1CCC(Oc2ccccc2)CC51)C1CCC(Oc2ccccc2)CC41.[AlH3]. The third kappa shape index (κ3) is 9.53. The number of nitrogens with one attached hydrogen (secondary N) is 8. The smallest absolute Gasteiger partial charge is 0.187 e. The van der Waals surface area contributed by atoms with Gasteiger partial charge in [0.05, 0.1) is 73.7 Å². The van der Waals surface area contributed by atoms with E-state index in [9.17, 15) is 5.11 Å². The molecular formula is C56H75AlN8O5. The highest BCUT2D eigenvalue weighted by Crippen LogP contribution is 2.47. The van der Waals surface area contributed by atoms with E-state index in [1.54, 1.807) is 0 Å². The number of aliphatic hydroxyl groups is 1. The minimum atomic E-state index is -0.654. The first-order valence-corrected chi connectivity index (χ1v) is 26.7. The molecule has 0 spiro atoms. The van der Waals surface area contributed by atoms with Crippen molar-refractivity contribution in [2.24, 2.45) is 47.3 Å². The summed E-state index contributed by atoms with van der Waals surface area (Å²) in [6.45, 7) is 0. The van der Waals surface area contributed by atoms with Gasteiger partial charge in [0.2, 0.25) is 0 Å². The predicted octanol–water partition coefficient (Wildman–Crippen LogP) is 4.62. The molecule has 5 saturated heterocycles. The molecule has 21 atom stereocenters. The van der Waals surface area contributed by atoms with Crippen LogP contribution in [-0.2, 0) is 0 Å². The fourth-order valence-electron chi connectivity index (χ4n) is 15.1. The number of benzene rings is 4. The van der Waals surface area contributed by atoms with Crippen molar-refractivity contribution in [2.45, 2.75) is 150 Å². The molecule has 5 heterocycles. The van der Waals surface area contributed by atoms with E-state index in [-0.39, 0.29) is 103 Å². The lowest BCUT2D eigenvalue weighted by Gasteiger charge is -2.41. The van der Waals surface area contributed by atoms with Gasteiger partial charge < -0.3 is 24.1 Å². The average Bonchev–Trinajstić information content (AvgIpc) is 4.11.